The molecule has 4 aromatic rings. The molecule has 0 aliphatic carbocycles. The molecular formula is C24H19N5O4. The number of ether oxygens (including phenoxy) is 1. The zero-order valence-electron chi connectivity index (χ0n) is 17.9. The number of fused-ring (bicyclic) bond motifs is 2. The fraction of sp³-hybridized carbons (Fsp3) is 0.125. The number of anilines is 1. The molecule has 1 N–H and O–H groups in total. The van der Waals surface area contributed by atoms with E-state index in [1.54, 1.807) is 53.1 Å². The van der Waals surface area contributed by atoms with Gasteiger partial charge in [-0.05, 0) is 43.3 Å². The molecule has 3 amide bonds. The van der Waals surface area contributed by atoms with Crippen LogP contribution in [0.3, 0.4) is 0 Å². The first-order valence-corrected chi connectivity index (χ1v) is 10.2. The summed E-state index contributed by atoms with van der Waals surface area (Å²) < 4.78 is 7.19. The number of carbonyl (C=O) groups excluding carboxylic acids is 3. The van der Waals surface area contributed by atoms with Crippen molar-refractivity contribution in [3.63, 3.8) is 0 Å². The van der Waals surface area contributed by atoms with Crippen LogP contribution in [0.25, 0.3) is 17.0 Å². The van der Waals surface area contributed by atoms with Gasteiger partial charge in [-0.3, -0.25) is 23.7 Å². The Balaban J connectivity index is 1.42. The van der Waals surface area contributed by atoms with Crippen LogP contribution < -0.4 is 10.1 Å². The lowest BCUT2D eigenvalue weighted by Crippen LogP contribution is -2.45. The Kier molecular flexibility index (Phi) is 4.86. The Morgan fingerprint density at radius 1 is 1.06 bits per heavy atom. The second-order valence-corrected chi connectivity index (χ2v) is 7.56. The Labute approximate surface area is 188 Å². The van der Waals surface area contributed by atoms with Gasteiger partial charge < -0.3 is 10.1 Å². The van der Waals surface area contributed by atoms with Crippen LogP contribution in [0.15, 0.2) is 67.1 Å². The third kappa shape index (κ3) is 3.39. The van der Waals surface area contributed by atoms with Crippen molar-refractivity contribution in [3.8, 4) is 17.0 Å². The number of nitrogens with one attached hydrogen (secondary N) is 1. The van der Waals surface area contributed by atoms with Crippen molar-refractivity contribution in [1.29, 1.82) is 0 Å². The standard InChI is InChI=1S/C24H19N5O4/c1-14(29-22(31)16-6-3-4-7-17(16)23(29)32)21(30)26-18-12-15(8-9-20(18)33-2)19-13-28-11-5-10-25-24(28)27-19/h3-14H,1-2H3,(H,26,30)/t14-/m0/s1. The lowest BCUT2D eigenvalue weighted by molar-refractivity contribution is -0.119. The molecule has 3 heterocycles. The molecule has 5 rings (SSSR count). The summed E-state index contributed by atoms with van der Waals surface area (Å²) in [6, 6.07) is 12.6. The van der Waals surface area contributed by atoms with E-state index >= 15 is 0 Å². The molecule has 2 aromatic carbocycles. The summed E-state index contributed by atoms with van der Waals surface area (Å²) in [6.07, 6.45) is 5.33. The number of methoxy groups -OCH3 is 1. The molecule has 33 heavy (non-hydrogen) atoms. The number of amides is 3. The molecule has 9 nitrogen and oxygen atoms in total. The predicted octanol–water partition coefficient (Wildman–Crippen LogP) is 3.03. The van der Waals surface area contributed by atoms with E-state index in [4.69, 9.17) is 4.74 Å². The third-order valence-electron chi connectivity index (χ3n) is 5.58. The summed E-state index contributed by atoms with van der Waals surface area (Å²) in [5.41, 5.74) is 2.39. The van der Waals surface area contributed by atoms with E-state index in [2.05, 4.69) is 15.3 Å². The van der Waals surface area contributed by atoms with Crippen molar-refractivity contribution >= 4 is 29.2 Å². The van der Waals surface area contributed by atoms with Gasteiger partial charge in [-0.2, -0.15) is 0 Å². The van der Waals surface area contributed by atoms with Gasteiger partial charge in [0.05, 0.1) is 29.6 Å². The molecule has 1 aliphatic heterocycles. The Morgan fingerprint density at radius 2 is 1.79 bits per heavy atom. The predicted molar refractivity (Wildman–Crippen MR) is 120 cm³/mol. The van der Waals surface area contributed by atoms with Gasteiger partial charge in [0.15, 0.2) is 0 Å². The third-order valence-corrected chi connectivity index (χ3v) is 5.58. The zero-order valence-corrected chi connectivity index (χ0v) is 17.9. The van der Waals surface area contributed by atoms with Gasteiger partial charge in [0.1, 0.15) is 11.8 Å². The topological polar surface area (TPSA) is 106 Å². The normalized spacial score (nSPS) is 13.8. The van der Waals surface area contributed by atoms with Crippen molar-refractivity contribution in [2.24, 2.45) is 0 Å². The average molecular weight is 441 g/mol. The summed E-state index contributed by atoms with van der Waals surface area (Å²) in [5, 5.41) is 2.79. The first-order valence-electron chi connectivity index (χ1n) is 10.2. The zero-order chi connectivity index (χ0) is 23.1. The molecule has 0 saturated carbocycles. The summed E-state index contributed by atoms with van der Waals surface area (Å²) in [5.74, 6) is -0.513. The van der Waals surface area contributed by atoms with Crippen LogP contribution in [-0.2, 0) is 4.79 Å². The number of carbonyl (C=O) groups is 3. The van der Waals surface area contributed by atoms with Crippen molar-refractivity contribution in [3.05, 3.63) is 78.2 Å². The number of benzene rings is 2. The first-order chi connectivity index (χ1) is 16.0. The van der Waals surface area contributed by atoms with Gasteiger partial charge in [-0.25, -0.2) is 9.97 Å². The monoisotopic (exact) mass is 441 g/mol. The second-order valence-electron chi connectivity index (χ2n) is 7.56. The van der Waals surface area contributed by atoms with Crippen LogP contribution in [0.1, 0.15) is 27.6 Å². The lowest BCUT2D eigenvalue weighted by Gasteiger charge is -2.22. The van der Waals surface area contributed by atoms with Crippen LogP contribution in [0, 0.1) is 0 Å². The fourth-order valence-electron chi connectivity index (χ4n) is 3.85. The summed E-state index contributed by atoms with van der Waals surface area (Å²) in [4.78, 5) is 48.2. The molecule has 0 spiro atoms. The highest BCUT2D eigenvalue weighted by atomic mass is 16.5. The SMILES string of the molecule is COc1ccc(-c2cn3cccnc3n2)cc1NC(=O)[C@H](C)N1C(=O)c2ccccc2C1=O. The Hall–Kier alpha value is -4.53. The van der Waals surface area contributed by atoms with Crippen LogP contribution >= 0.6 is 0 Å². The molecule has 0 fully saturated rings. The number of imidazole rings is 1. The van der Waals surface area contributed by atoms with Gasteiger partial charge in [0, 0.05) is 24.2 Å². The first kappa shape index (κ1) is 20.4. The minimum Gasteiger partial charge on any atom is -0.495 e. The molecular weight excluding hydrogens is 422 g/mol. The molecule has 1 atom stereocenters. The van der Waals surface area contributed by atoms with E-state index < -0.39 is 23.8 Å². The lowest BCUT2D eigenvalue weighted by atomic mass is 10.1. The van der Waals surface area contributed by atoms with Crippen molar-refractivity contribution in [1.82, 2.24) is 19.3 Å². The van der Waals surface area contributed by atoms with Crippen LogP contribution in [-0.4, -0.2) is 50.1 Å². The number of hydrogen-bond acceptors (Lipinski definition) is 6. The maximum atomic E-state index is 13.1. The summed E-state index contributed by atoms with van der Waals surface area (Å²) in [6.45, 7) is 1.52. The number of imide groups is 1. The van der Waals surface area contributed by atoms with Gasteiger partial charge in [0.2, 0.25) is 11.7 Å². The number of aromatic nitrogens is 3. The van der Waals surface area contributed by atoms with Crippen LogP contribution in [0.5, 0.6) is 5.75 Å². The molecule has 0 saturated heterocycles. The molecule has 0 bridgehead atoms. The molecule has 1 aliphatic rings. The van der Waals surface area contributed by atoms with Gasteiger partial charge >= 0.3 is 0 Å². The van der Waals surface area contributed by atoms with Crippen molar-refractivity contribution < 1.29 is 19.1 Å². The van der Waals surface area contributed by atoms with E-state index in [0.717, 1.165) is 10.5 Å². The number of nitrogens with zero attached hydrogens (tertiary/aromatic N) is 4. The molecule has 0 radical (unpaired) electrons. The van der Waals surface area contributed by atoms with Gasteiger partial charge in [0.25, 0.3) is 11.8 Å². The second kappa shape index (κ2) is 7.86. The molecule has 2 aromatic heterocycles. The molecule has 164 valence electrons. The summed E-state index contributed by atoms with van der Waals surface area (Å²) >= 11 is 0. The van der Waals surface area contributed by atoms with Gasteiger partial charge in [-0.15, -0.1) is 0 Å². The van der Waals surface area contributed by atoms with E-state index in [9.17, 15) is 14.4 Å². The van der Waals surface area contributed by atoms with E-state index in [1.165, 1.54) is 14.0 Å². The fourth-order valence-corrected chi connectivity index (χ4v) is 3.85. The number of hydrogen-bond donors (Lipinski definition) is 1. The maximum Gasteiger partial charge on any atom is 0.262 e. The van der Waals surface area contributed by atoms with Gasteiger partial charge in [-0.1, -0.05) is 12.1 Å². The summed E-state index contributed by atoms with van der Waals surface area (Å²) in [7, 11) is 1.49. The Morgan fingerprint density at radius 3 is 2.45 bits per heavy atom. The minimum absolute atomic E-state index is 0.294. The number of rotatable bonds is 5. The highest BCUT2D eigenvalue weighted by molar-refractivity contribution is 6.23. The largest absolute Gasteiger partial charge is 0.495 e. The molecule has 9 heteroatoms. The smallest absolute Gasteiger partial charge is 0.262 e. The highest BCUT2D eigenvalue weighted by Gasteiger charge is 2.40. The van der Waals surface area contributed by atoms with Crippen LogP contribution in [0.4, 0.5) is 5.69 Å². The van der Waals surface area contributed by atoms with E-state index in [0.29, 0.717) is 34.0 Å². The quantitative estimate of drug-likeness (QED) is 0.477. The maximum absolute atomic E-state index is 13.1. The average Bonchev–Trinajstić information content (AvgIpc) is 3.38. The Bertz CT molecular complexity index is 1360. The van der Waals surface area contributed by atoms with Crippen molar-refractivity contribution in [2.45, 2.75) is 13.0 Å². The van der Waals surface area contributed by atoms with Crippen molar-refractivity contribution in [2.75, 3.05) is 12.4 Å². The van der Waals surface area contributed by atoms with Crippen LogP contribution in [0.2, 0.25) is 0 Å². The van der Waals surface area contributed by atoms with E-state index in [-0.39, 0.29) is 0 Å². The highest BCUT2D eigenvalue weighted by Crippen LogP contribution is 2.31. The minimum atomic E-state index is -1.02. The van der Waals surface area contributed by atoms with E-state index in [1.807, 2.05) is 18.5 Å². The molecule has 0 unspecified atom stereocenters.